The zero-order valence-corrected chi connectivity index (χ0v) is 16.5. The number of benzene rings is 1. The van der Waals surface area contributed by atoms with Crippen LogP contribution in [0.25, 0.3) is 0 Å². The van der Waals surface area contributed by atoms with Crippen LogP contribution in [-0.4, -0.2) is 74.6 Å². The molecule has 2 aliphatic heterocycles. The molecule has 25 heavy (non-hydrogen) atoms. The molecular weight excluding hydrogens is 390 g/mol. The Morgan fingerprint density at radius 3 is 2.16 bits per heavy atom. The van der Waals surface area contributed by atoms with E-state index in [0.717, 1.165) is 26.2 Å². The maximum Gasteiger partial charge on any atom is 0.236 e. The summed E-state index contributed by atoms with van der Waals surface area (Å²) in [4.78, 5) is 18.5. The molecule has 5 nitrogen and oxygen atoms in total. The Hall–Kier alpha value is -0.790. The average Bonchev–Trinajstić information content (AvgIpc) is 2.56. The number of carbonyl (C=O) groups is 1. The Morgan fingerprint density at radius 1 is 0.960 bits per heavy atom. The number of para-hydroxylation sites is 1. The lowest BCUT2D eigenvalue weighted by atomic mass is 10.2. The van der Waals surface area contributed by atoms with E-state index in [2.05, 4.69) is 10.2 Å². The largest absolute Gasteiger partial charge is 0.366 e. The van der Waals surface area contributed by atoms with Gasteiger partial charge in [-0.05, 0) is 12.1 Å². The lowest BCUT2D eigenvalue weighted by Crippen LogP contribution is -2.53. The van der Waals surface area contributed by atoms with Crippen molar-refractivity contribution in [1.29, 1.82) is 0 Å². The number of hydrogen-bond acceptors (Lipinski definition) is 4. The summed E-state index contributed by atoms with van der Waals surface area (Å²) < 4.78 is 13.8. The molecular formula is C16H26Cl3FN4O. The third-order valence-corrected chi connectivity index (χ3v) is 4.39. The molecule has 9 heteroatoms. The summed E-state index contributed by atoms with van der Waals surface area (Å²) in [5.41, 5.74) is 0.636. The number of halogens is 4. The maximum absolute atomic E-state index is 13.8. The Balaban J connectivity index is 0.00000192. The highest BCUT2D eigenvalue weighted by Crippen LogP contribution is 2.20. The maximum atomic E-state index is 13.8. The summed E-state index contributed by atoms with van der Waals surface area (Å²) >= 11 is 0. The third-order valence-electron chi connectivity index (χ3n) is 4.39. The standard InChI is InChI=1S/C16H23FN4O.3ClH/c17-14-3-1-2-4-15(14)20-9-11-21(12-10-20)16(22)13-19-7-5-18-6-8-19;;;/h1-4,18H,5-13H2;3*1H. The minimum Gasteiger partial charge on any atom is -0.366 e. The second-order valence-corrected chi connectivity index (χ2v) is 5.85. The van der Waals surface area contributed by atoms with Gasteiger partial charge in [0.05, 0.1) is 12.2 Å². The Morgan fingerprint density at radius 2 is 1.56 bits per heavy atom. The quantitative estimate of drug-likeness (QED) is 0.815. The van der Waals surface area contributed by atoms with Gasteiger partial charge in [0.25, 0.3) is 0 Å². The summed E-state index contributed by atoms with van der Waals surface area (Å²) in [6.07, 6.45) is 0. The van der Waals surface area contributed by atoms with Crippen molar-refractivity contribution in [2.24, 2.45) is 0 Å². The van der Waals surface area contributed by atoms with E-state index in [-0.39, 0.29) is 48.9 Å². The molecule has 1 N–H and O–H groups in total. The van der Waals surface area contributed by atoms with Gasteiger partial charge >= 0.3 is 0 Å². The number of hydrogen-bond donors (Lipinski definition) is 1. The van der Waals surface area contributed by atoms with Gasteiger partial charge in [0.15, 0.2) is 0 Å². The molecule has 3 rings (SSSR count). The highest BCUT2D eigenvalue weighted by Gasteiger charge is 2.24. The lowest BCUT2D eigenvalue weighted by molar-refractivity contribution is -0.132. The van der Waals surface area contributed by atoms with Gasteiger partial charge in [-0.15, -0.1) is 37.2 Å². The van der Waals surface area contributed by atoms with Crippen molar-refractivity contribution in [2.75, 3.05) is 63.8 Å². The molecule has 1 aromatic carbocycles. The lowest BCUT2D eigenvalue weighted by Gasteiger charge is -2.37. The smallest absolute Gasteiger partial charge is 0.236 e. The van der Waals surface area contributed by atoms with E-state index in [4.69, 9.17) is 0 Å². The van der Waals surface area contributed by atoms with E-state index in [1.807, 2.05) is 15.9 Å². The molecule has 0 unspecified atom stereocenters. The first kappa shape index (κ1) is 24.2. The van der Waals surface area contributed by atoms with Crippen LogP contribution in [0.15, 0.2) is 24.3 Å². The van der Waals surface area contributed by atoms with Gasteiger partial charge in [-0.25, -0.2) is 4.39 Å². The normalized spacial score (nSPS) is 17.8. The number of nitrogens with one attached hydrogen (secondary N) is 1. The second-order valence-electron chi connectivity index (χ2n) is 5.85. The minimum absolute atomic E-state index is 0. The summed E-state index contributed by atoms with van der Waals surface area (Å²) in [5, 5.41) is 3.29. The molecule has 0 spiro atoms. The summed E-state index contributed by atoms with van der Waals surface area (Å²) in [7, 11) is 0. The summed E-state index contributed by atoms with van der Waals surface area (Å²) in [6.45, 7) is 6.98. The zero-order valence-electron chi connectivity index (χ0n) is 14.0. The predicted octanol–water partition coefficient (Wildman–Crippen LogP) is 1.64. The molecule has 1 aromatic rings. The number of nitrogens with zero attached hydrogens (tertiary/aromatic N) is 3. The highest BCUT2D eigenvalue weighted by atomic mass is 35.5. The first-order valence-electron chi connectivity index (χ1n) is 7.94. The van der Waals surface area contributed by atoms with Crippen LogP contribution in [0, 0.1) is 5.82 Å². The predicted molar refractivity (Wildman–Crippen MR) is 106 cm³/mol. The second kappa shape index (κ2) is 11.8. The molecule has 0 saturated carbocycles. The number of carbonyl (C=O) groups excluding carboxylic acids is 1. The van der Waals surface area contributed by atoms with E-state index >= 15 is 0 Å². The van der Waals surface area contributed by atoms with Gasteiger partial charge in [0, 0.05) is 52.4 Å². The van der Waals surface area contributed by atoms with E-state index in [1.54, 1.807) is 12.1 Å². The molecule has 144 valence electrons. The van der Waals surface area contributed by atoms with Crippen LogP contribution in [0.1, 0.15) is 0 Å². The number of piperazine rings is 2. The fourth-order valence-electron chi connectivity index (χ4n) is 3.07. The van der Waals surface area contributed by atoms with Gasteiger partial charge < -0.3 is 15.1 Å². The number of amides is 1. The van der Waals surface area contributed by atoms with Crippen molar-refractivity contribution >= 4 is 48.8 Å². The van der Waals surface area contributed by atoms with Crippen molar-refractivity contribution in [3.63, 3.8) is 0 Å². The van der Waals surface area contributed by atoms with Crippen molar-refractivity contribution in [2.45, 2.75) is 0 Å². The third kappa shape index (κ3) is 6.46. The van der Waals surface area contributed by atoms with Crippen molar-refractivity contribution in [3.05, 3.63) is 30.1 Å². The molecule has 2 saturated heterocycles. The van der Waals surface area contributed by atoms with Crippen LogP contribution in [-0.2, 0) is 4.79 Å². The van der Waals surface area contributed by atoms with Gasteiger partial charge in [0.2, 0.25) is 5.91 Å². The Labute approximate surface area is 167 Å². The van der Waals surface area contributed by atoms with E-state index < -0.39 is 0 Å². The molecule has 1 amide bonds. The topological polar surface area (TPSA) is 38.8 Å². The molecule has 0 radical (unpaired) electrons. The van der Waals surface area contributed by atoms with E-state index in [9.17, 15) is 9.18 Å². The fraction of sp³-hybridized carbons (Fsp3) is 0.562. The van der Waals surface area contributed by atoms with Crippen LogP contribution in [0.3, 0.4) is 0 Å². The molecule has 0 bridgehead atoms. The monoisotopic (exact) mass is 414 g/mol. The van der Waals surface area contributed by atoms with Crippen molar-refractivity contribution in [1.82, 2.24) is 15.1 Å². The van der Waals surface area contributed by atoms with Crippen LogP contribution in [0.2, 0.25) is 0 Å². The Bertz CT molecular complexity index is 524. The molecule has 0 atom stereocenters. The van der Waals surface area contributed by atoms with Crippen LogP contribution in [0.5, 0.6) is 0 Å². The first-order valence-corrected chi connectivity index (χ1v) is 7.94. The highest BCUT2D eigenvalue weighted by molar-refractivity contribution is 5.86. The number of rotatable bonds is 3. The minimum atomic E-state index is -0.192. The van der Waals surface area contributed by atoms with Crippen molar-refractivity contribution in [3.8, 4) is 0 Å². The molecule has 0 aliphatic carbocycles. The molecule has 2 heterocycles. The zero-order chi connectivity index (χ0) is 15.4. The van der Waals surface area contributed by atoms with Gasteiger partial charge in [0.1, 0.15) is 5.82 Å². The molecule has 2 aliphatic rings. The van der Waals surface area contributed by atoms with Gasteiger partial charge in [-0.2, -0.15) is 0 Å². The van der Waals surface area contributed by atoms with Crippen LogP contribution >= 0.6 is 37.2 Å². The number of anilines is 1. The Kier molecular flexibility index (Phi) is 11.4. The summed E-state index contributed by atoms with van der Waals surface area (Å²) in [6, 6.07) is 6.83. The van der Waals surface area contributed by atoms with E-state index in [0.29, 0.717) is 38.4 Å². The first-order chi connectivity index (χ1) is 10.7. The van der Waals surface area contributed by atoms with Gasteiger partial charge in [-0.1, -0.05) is 12.1 Å². The molecule has 0 aromatic heterocycles. The SMILES string of the molecule is Cl.Cl.Cl.O=C(CN1CCNCC1)N1CCN(c2ccccc2F)CC1. The van der Waals surface area contributed by atoms with Crippen molar-refractivity contribution < 1.29 is 9.18 Å². The van der Waals surface area contributed by atoms with E-state index in [1.165, 1.54) is 6.07 Å². The average molecular weight is 416 g/mol. The molecule has 2 fully saturated rings. The summed E-state index contributed by atoms with van der Waals surface area (Å²) in [5.74, 6) is -0.00169. The van der Waals surface area contributed by atoms with Crippen LogP contribution in [0.4, 0.5) is 10.1 Å². The fourth-order valence-corrected chi connectivity index (χ4v) is 3.07. The van der Waals surface area contributed by atoms with Crippen LogP contribution < -0.4 is 10.2 Å². The van der Waals surface area contributed by atoms with Gasteiger partial charge in [-0.3, -0.25) is 9.69 Å².